The summed E-state index contributed by atoms with van der Waals surface area (Å²) in [6, 6.07) is 5.33. The number of carbonyl (C=O) groups is 1. The van der Waals surface area contributed by atoms with Crippen molar-refractivity contribution in [3.63, 3.8) is 0 Å². The summed E-state index contributed by atoms with van der Waals surface area (Å²) in [5.41, 5.74) is 0.679. The van der Waals surface area contributed by atoms with E-state index in [0.717, 1.165) is 11.7 Å². The van der Waals surface area contributed by atoms with Gasteiger partial charge in [-0.05, 0) is 26.0 Å². The lowest BCUT2D eigenvalue weighted by atomic mass is 10.2. The Morgan fingerprint density at radius 3 is 3.09 bits per heavy atom. The van der Waals surface area contributed by atoms with Gasteiger partial charge >= 0.3 is 0 Å². The van der Waals surface area contributed by atoms with Gasteiger partial charge in [0.1, 0.15) is 6.33 Å². The highest BCUT2D eigenvalue weighted by atomic mass is 32.2. The number of fused-ring (bicyclic) bond motifs is 1. The van der Waals surface area contributed by atoms with Crippen LogP contribution in [0.15, 0.2) is 29.7 Å². The molecule has 1 atom stereocenters. The molecule has 2 aromatic rings. The lowest BCUT2D eigenvalue weighted by molar-refractivity contribution is -0.115. The summed E-state index contributed by atoms with van der Waals surface area (Å²) < 4.78 is 12.4. The lowest BCUT2D eigenvalue weighted by Gasteiger charge is -2.12. The number of thioether (sulfide) groups is 1. The number of anilines is 1. The van der Waals surface area contributed by atoms with Gasteiger partial charge in [0, 0.05) is 18.3 Å². The van der Waals surface area contributed by atoms with E-state index in [0.29, 0.717) is 17.2 Å². The molecule has 1 aromatic heterocycles. The summed E-state index contributed by atoms with van der Waals surface area (Å²) in [7, 11) is 0. The van der Waals surface area contributed by atoms with Gasteiger partial charge in [0.25, 0.3) is 0 Å². The van der Waals surface area contributed by atoms with E-state index in [2.05, 4.69) is 15.5 Å². The van der Waals surface area contributed by atoms with Crippen molar-refractivity contribution in [1.82, 2.24) is 14.8 Å². The fourth-order valence-corrected chi connectivity index (χ4v) is 2.87. The summed E-state index contributed by atoms with van der Waals surface area (Å²) in [5, 5.41) is 11.2. The Morgan fingerprint density at radius 1 is 1.45 bits per heavy atom. The SMILES string of the molecule is CCn1cnnc1S[C@H](C)C(=O)Nc1ccc2c(c1)OCO2. The highest BCUT2D eigenvalue weighted by Gasteiger charge is 2.19. The Labute approximate surface area is 132 Å². The van der Waals surface area contributed by atoms with Crippen LogP contribution in [0, 0.1) is 0 Å². The molecule has 0 unspecified atom stereocenters. The highest BCUT2D eigenvalue weighted by molar-refractivity contribution is 8.00. The molecule has 0 aliphatic carbocycles. The number of hydrogen-bond acceptors (Lipinski definition) is 6. The zero-order valence-corrected chi connectivity index (χ0v) is 13.1. The van der Waals surface area contributed by atoms with Crippen LogP contribution in [0.5, 0.6) is 11.5 Å². The molecule has 8 heteroatoms. The van der Waals surface area contributed by atoms with Crippen molar-refractivity contribution >= 4 is 23.4 Å². The number of aromatic nitrogens is 3. The summed E-state index contributed by atoms with van der Waals surface area (Å²) in [6.45, 7) is 4.82. The normalized spacial score (nSPS) is 13.9. The minimum absolute atomic E-state index is 0.102. The molecule has 0 radical (unpaired) electrons. The minimum Gasteiger partial charge on any atom is -0.454 e. The van der Waals surface area contributed by atoms with Gasteiger partial charge in [0.2, 0.25) is 12.7 Å². The second kappa shape index (κ2) is 6.27. The maximum Gasteiger partial charge on any atom is 0.237 e. The van der Waals surface area contributed by atoms with Crippen LogP contribution in [0.2, 0.25) is 0 Å². The monoisotopic (exact) mass is 320 g/mol. The van der Waals surface area contributed by atoms with Crippen LogP contribution in [0.1, 0.15) is 13.8 Å². The third kappa shape index (κ3) is 3.01. The molecule has 22 heavy (non-hydrogen) atoms. The van der Waals surface area contributed by atoms with E-state index in [1.807, 2.05) is 18.4 Å². The fourth-order valence-electron chi connectivity index (χ4n) is 1.98. The maximum absolute atomic E-state index is 12.3. The van der Waals surface area contributed by atoms with Crippen LogP contribution < -0.4 is 14.8 Å². The fraction of sp³-hybridized carbons (Fsp3) is 0.357. The van der Waals surface area contributed by atoms with E-state index < -0.39 is 0 Å². The van der Waals surface area contributed by atoms with Crippen LogP contribution in [-0.2, 0) is 11.3 Å². The third-order valence-electron chi connectivity index (χ3n) is 3.21. The Balaban J connectivity index is 1.64. The molecule has 1 amide bonds. The highest BCUT2D eigenvalue weighted by Crippen LogP contribution is 2.34. The Bertz CT molecular complexity index is 688. The zero-order valence-electron chi connectivity index (χ0n) is 12.3. The first kappa shape index (κ1) is 14.7. The van der Waals surface area contributed by atoms with Crippen LogP contribution >= 0.6 is 11.8 Å². The Kier molecular flexibility index (Phi) is 4.19. The molecule has 0 fully saturated rings. The molecular formula is C14H16N4O3S. The number of aryl methyl sites for hydroxylation is 1. The molecule has 0 saturated heterocycles. The first-order valence-electron chi connectivity index (χ1n) is 6.92. The quantitative estimate of drug-likeness (QED) is 0.851. The number of benzene rings is 1. The number of nitrogens with one attached hydrogen (secondary N) is 1. The first-order valence-corrected chi connectivity index (χ1v) is 7.80. The predicted octanol–water partition coefficient (Wildman–Crippen LogP) is 2.15. The van der Waals surface area contributed by atoms with Gasteiger partial charge in [-0.1, -0.05) is 11.8 Å². The molecule has 2 heterocycles. The van der Waals surface area contributed by atoms with Crippen LogP contribution in [0.4, 0.5) is 5.69 Å². The first-order chi connectivity index (χ1) is 10.7. The van der Waals surface area contributed by atoms with Gasteiger partial charge in [-0.15, -0.1) is 10.2 Å². The number of nitrogens with zero attached hydrogens (tertiary/aromatic N) is 3. The molecule has 0 saturated carbocycles. The summed E-state index contributed by atoms with van der Waals surface area (Å²) in [6.07, 6.45) is 1.66. The summed E-state index contributed by atoms with van der Waals surface area (Å²) in [4.78, 5) is 12.3. The third-order valence-corrected chi connectivity index (χ3v) is 4.31. The van der Waals surface area contributed by atoms with E-state index in [-0.39, 0.29) is 18.0 Å². The van der Waals surface area contributed by atoms with Crippen LogP contribution in [0.3, 0.4) is 0 Å². The van der Waals surface area contributed by atoms with Crippen molar-refractivity contribution in [3.05, 3.63) is 24.5 Å². The van der Waals surface area contributed by atoms with Gasteiger partial charge in [-0.25, -0.2) is 0 Å². The van der Waals surface area contributed by atoms with Crippen LogP contribution in [-0.4, -0.2) is 32.7 Å². The van der Waals surface area contributed by atoms with Crippen molar-refractivity contribution in [1.29, 1.82) is 0 Å². The number of hydrogen-bond donors (Lipinski definition) is 1. The molecular weight excluding hydrogens is 304 g/mol. The van der Waals surface area contributed by atoms with Crippen molar-refractivity contribution in [2.75, 3.05) is 12.1 Å². The van der Waals surface area contributed by atoms with Crippen molar-refractivity contribution in [2.24, 2.45) is 0 Å². The topological polar surface area (TPSA) is 78.3 Å². The second-order valence-corrected chi connectivity index (χ2v) is 6.02. The van der Waals surface area contributed by atoms with E-state index in [1.165, 1.54) is 11.8 Å². The number of carbonyl (C=O) groups excluding carboxylic acids is 1. The lowest BCUT2D eigenvalue weighted by Crippen LogP contribution is -2.22. The molecule has 7 nitrogen and oxygen atoms in total. The smallest absolute Gasteiger partial charge is 0.237 e. The molecule has 1 aromatic carbocycles. The summed E-state index contributed by atoms with van der Waals surface area (Å²) in [5.74, 6) is 1.23. The zero-order chi connectivity index (χ0) is 15.5. The van der Waals surface area contributed by atoms with Crippen molar-refractivity contribution < 1.29 is 14.3 Å². The van der Waals surface area contributed by atoms with E-state index >= 15 is 0 Å². The molecule has 1 aliphatic rings. The Morgan fingerprint density at radius 2 is 2.27 bits per heavy atom. The Hall–Kier alpha value is -2.22. The van der Waals surface area contributed by atoms with Gasteiger partial charge < -0.3 is 19.4 Å². The predicted molar refractivity (Wildman–Crippen MR) is 82.2 cm³/mol. The van der Waals surface area contributed by atoms with E-state index in [9.17, 15) is 4.79 Å². The van der Waals surface area contributed by atoms with Crippen molar-refractivity contribution in [2.45, 2.75) is 30.8 Å². The van der Waals surface area contributed by atoms with Gasteiger partial charge in [0.15, 0.2) is 16.7 Å². The molecule has 0 bridgehead atoms. The van der Waals surface area contributed by atoms with Crippen molar-refractivity contribution in [3.8, 4) is 11.5 Å². The average molecular weight is 320 g/mol. The average Bonchev–Trinajstić information content (AvgIpc) is 3.15. The second-order valence-electron chi connectivity index (χ2n) is 4.72. The van der Waals surface area contributed by atoms with E-state index in [1.54, 1.807) is 24.5 Å². The molecule has 3 rings (SSSR count). The van der Waals surface area contributed by atoms with Gasteiger partial charge in [0.05, 0.1) is 5.25 Å². The number of ether oxygens (including phenoxy) is 2. The number of rotatable bonds is 5. The molecule has 116 valence electrons. The number of amides is 1. The largest absolute Gasteiger partial charge is 0.454 e. The van der Waals surface area contributed by atoms with Crippen LogP contribution in [0.25, 0.3) is 0 Å². The molecule has 1 N–H and O–H groups in total. The minimum atomic E-state index is -0.292. The maximum atomic E-state index is 12.3. The van der Waals surface area contributed by atoms with E-state index in [4.69, 9.17) is 9.47 Å². The molecule has 1 aliphatic heterocycles. The van der Waals surface area contributed by atoms with Gasteiger partial charge in [-0.3, -0.25) is 4.79 Å². The standard InChI is InChI=1S/C14H16N4O3S/c1-3-18-7-15-17-14(18)22-9(2)13(19)16-10-4-5-11-12(6-10)21-8-20-11/h4-7,9H,3,8H2,1-2H3,(H,16,19)/t9-/m1/s1. The molecule has 0 spiro atoms. The summed E-state index contributed by atoms with van der Waals surface area (Å²) >= 11 is 1.38. The van der Waals surface area contributed by atoms with Gasteiger partial charge in [-0.2, -0.15) is 0 Å².